The molecule has 1 aliphatic heterocycles. The number of nitrogens with one attached hydrogen (secondary N) is 1. The van der Waals surface area contributed by atoms with Crippen LogP contribution in [0, 0.1) is 0 Å². The molecule has 0 unspecified atom stereocenters. The van der Waals surface area contributed by atoms with Crippen LogP contribution in [0.25, 0.3) is 0 Å². The Hall–Kier alpha value is -1.30. The lowest BCUT2D eigenvalue weighted by Gasteiger charge is -2.41. The van der Waals surface area contributed by atoms with Crippen molar-refractivity contribution >= 4 is 11.9 Å². The van der Waals surface area contributed by atoms with Gasteiger partial charge in [0, 0.05) is 52.9 Å². The summed E-state index contributed by atoms with van der Waals surface area (Å²) in [6.45, 7) is 7.34. The number of carbonyl (C=O) groups is 1. The maximum absolute atomic E-state index is 11.8. The second kappa shape index (κ2) is 9.11. The van der Waals surface area contributed by atoms with Crippen molar-refractivity contribution in [3.63, 3.8) is 0 Å². The number of carbonyl (C=O) groups excluding carboxylic acids is 1. The number of hydrogen-bond donors (Lipinski definition) is 1. The Morgan fingerprint density at radius 2 is 1.78 bits per heavy atom. The van der Waals surface area contributed by atoms with Crippen molar-refractivity contribution in [3.05, 3.63) is 0 Å². The molecule has 0 aromatic heterocycles. The minimum absolute atomic E-state index is 0.0428. The lowest BCUT2D eigenvalue weighted by molar-refractivity contribution is -0.127. The maximum Gasteiger partial charge on any atom is 0.243 e. The Morgan fingerprint density at radius 1 is 1.13 bits per heavy atom. The Balaban J connectivity index is 1.86. The van der Waals surface area contributed by atoms with Gasteiger partial charge in [0.05, 0.1) is 0 Å². The smallest absolute Gasteiger partial charge is 0.243 e. The molecule has 0 radical (unpaired) electrons. The fourth-order valence-corrected chi connectivity index (χ4v) is 3.45. The summed E-state index contributed by atoms with van der Waals surface area (Å²) in [5.41, 5.74) is 0. The summed E-state index contributed by atoms with van der Waals surface area (Å²) >= 11 is 0. The van der Waals surface area contributed by atoms with Gasteiger partial charge in [-0.3, -0.25) is 9.69 Å². The molecule has 23 heavy (non-hydrogen) atoms. The lowest BCUT2D eigenvalue weighted by Crippen LogP contribution is -2.55. The molecular weight excluding hydrogens is 290 g/mol. The summed E-state index contributed by atoms with van der Waals surface area (Å²) in [5, 5.41) is 3.33. The van der Waals surface area contributed by atoms with Crippen molar-refractivity contribution in [2.45, 2.75) is 45.1 Å². The highest BCUT2D eigenvalue weighted by molar-refractivity contribution is 5.84. The van der Waals surface area contributed by atoms with E-state index in [1.165, 1.54) is 32.1 Å². The van der Waals surface area contributed by atoms with Crippen molar-refractivity contribution in [1.82, 2.24) is 20.0 Å². The molecule has 1 N–H and O–H groups in total. The van der Waals surface area contributed by atoms with Gasteiger partial charge in [-0.15, -0.1) is 0 Å². The van der Waals surface area contributed by atoms with Crippen LogP contribution >= 0.6 is 0 Å². The van der Waals surface area contributed by atoms with E-state index < -0.39 is 0 Å². The Bertz CT molecular complexity index is 396. The predicted molar refractivity (Wildman–Crippen MR) is 94.7 cm³/mol. The SMILES string of the molecule is CCNC(=NCC(=O)N(C)C)N1CCN(C2CCCCC2)CC1. The Morgan fingerprint density at radius 3 is 2.35 bits per heavy atom. The molecule has 0 bridgehead atoms. The van der Waals surface area contributed by atoms with Crippen molar-refractivity contribution in [3.8, 4) is 0 Å². The summed E-state index contributed by atoms with van der Waals surface area (Å²) in [5.74, 6) is 0.923. The topological polar surface area (TPSA) is 51.2 Å². The number of aliphatic imine (C=N–C) groups is 1. The van der Waals surface area contributed by atoms with Crippen LogP contribution in [-0.4, -0.2) is 86.0 Å². The first-order valence-corrected chi connectivity index (χ1v) is 9.09. The van der Waals surface area contributed by atoms with Crippen molar-refractivity contribution < 1.29 is 4.79 Å². The maximum atomic E-state index is 11.8. The van der Waals surface area contributed by atoms with Gasteiger partial charge in [-0.05, 0) is 19.8 Å². The summed E-state index contributed by atoms with van der Waals surface area (Å²) in [6, 6.07) is 0.792. The summed E-state index contributed by atoms with van der Waals surface area (Å²) in [7, 11) is 3.54. The molecule has 0 spiro atoms. The highest BCUT2D eigenvalue weighted by Crippen LogP contribution is 2.23. The standard InChI is InChI=1S/C17H33N5O/c1-4-18-17(19-14-16(23)20(2)3)22-12-10-21(11-13-22)15-8-6-5-7-9-15/h15H,4-14H2,1-3H3,(H,18,19). The third-order valence-corrected chi connectivity index (χ3v) is 4.90. The van der Waals surface area contributed by atoms with Crippen LogP contribution in [0.1, 0.15) is 39.0 Å². The van der Waals surface area contributed by atoms with E-state index in [-0.39, 0.29) is 12.5 Å². The van der Waals surface area contributed by atoms with Gasteiger partial charge in [-0.25, -0.2) is 4.99 Å². The van der Waals surface area contributed by atoms with Crippen LogP contribution in [0.5, 0.6) is 0 Å². The molecule has 2 fully saturated rings. The minimum atomic E-state index is 0.0428. The first-order chi connectivity index (χ1) is 11.1. The van der Waals surface area contributed by atoms with Crippen LogP contribution in [0.15, 0.2) is 4.99 Å². The summed E-state index contributed by atoms with van der Waals surface area (Å²) in [6.07, 6.45) is 6.92. The number of likely N-dealkylation sites (N-methyl/N-ethyl adjacent to an activating group) is 1. The van der Waals surface area contributed by atoms with Gasteiger partial charge in [-0.1, -0.05) is 19.3 Å². The van der Waals surface area contributed by atoms with Gasteiger partial charge in [0.25, 0.3) is 0 Å². The third kappa shape index (κ3) is 5.37. The molecule has 1 saturated carbocycles. The van der Waals surface area contributed by atoms with Crippen LogP contribution in [0.4, 0.5) is 0 Å². The van der Waals surface area contributed by atoms with E-state index in [1.807, 2.05) is 0 Å². The van der Waals surface area contributed by atoms with Gasteiger partial charge < -0.3 is 15.1 Å². The average molecular weight is 323 g/mol. The van der Waals surface area contributed by atoms with Crippen molar-refractivity contribution in [2.75, 3.05) is 53.4 Å². The highest BCUT2D eigenvalue weighted by Gasteiger charge is 2.26. The first kappa shape index (κ1) is 18.0. The van der Waals surface area contributed by atoms with Crippen LogP contribution in [-0.2, 0) is 4.79 Å². The quantitative estimate of drug-likeness (QED) is 0.619. The molecule has 1 heterocycles. The van der Waals surface area contributed by atoms with Crippen molar-refractivity contribution in [1.29, 1.82) is 0 Å². The molecule has 6 heteroatoms. The highest BCUT2D eigenvalue weighted by atomic mass is 16.2. The fraction of sp³-hybridized carbons (Fsp3) is 0.882. The van der Waals surface area contributed by atoms with Gasteiger partial charge in [0.1, 0.15) is 6.54 Å². The van der Waals surface area contributed by atoms with Gasteiger partial charge in [0.2, 0.25) is 5.91 Å². The zero-order valence-electron chi connectivity index (χ0n) is 15.1. The van der Waals surface area contributed by atoms with E-state index >= 15 is 0 Å². The second-order valence-corrected chi connectivity index (χ2v) is 6.77. The number of rotatable bonds is 4. The molecule has 132 valence electrons. The predicted octanol–water partition coefficient (Wildman–Crippen LogP) is 0.990. The molecule has 1 saturated heterocycles. The fourth-order valence-electron chi connectivity index (χ4n) is 3.45. The van der Waals surface area contributed by atoms with E-state index in [0.29, 0.717) is 0 Å². The zero-order valence-corrected chi connectivity index (χ0v) is 15.1. The first-order valence-electron chi connectivity index (χ1n) is 9.09. The monoisotopic (exact) mass is 323 g/mol. The van der Waals surface area contributed by atoms with E-state index in [4.69, 9.17) is 0 Å². The third-order valence-electron chi connectivity index (χ3n) is 4.90. The van der Waals surface area contributed by atoms with Crippen LogP contribution in [0.2, 0.25) is 0 Å². The molecule has 0 atom stereocenters. The number of guanidine groups is 1. The molecular formula is C17H33N5O. The molecule has 1 aliphatic carbocycles. The van der Waals surface area contributed by atoms with Gasteiger partial charge in [0.15, 0.2) is 5.96 Å². The number of piperazine rings is 1. The number of nitrogens with zero attached hydrogens (tertiary/aromatic N) is 4. The van der Waals surface area contributed by atoms with E-state index in [1.54, 1.807) is 19.0 Å². The molecule has 0 aromatic rings. The summed E-state index contributed by atoms with van der Waals surface area (Å²) < 4.78 is 0. The Kier molecular flexibility index (Phi) is 7.15. The molecule has 1 amide bonds. The zero-order chi connectivity index (χ0) is 16.7. The molecule has 2 rings (SSSR count). The van der Waals surface area contributed by atoms with Crippen LogP contribution in [0.3, 0.4) is 0 Å². The largest absolute Gasteiger partial charge is 0.357 e. The second-order valence-electron chi connectivity index (χ2n) is 6.77. The average Bonchev–Trinajstić information content (AvgIpc) is 2.59. The molecule has 2 aliphatic rings. The lowest BCUT2D eigenvalue weighted by atomic mass is 9.94. The number of hydrogen-bond acceptors (Lipinski definition) is 3. The molecule has 6 nitrogen and oxygen atoms in total. The van der Waals surface area contributed by atoms with Crippen molar-refractivity contribution in [2.24, 2.45) is 4.99 Å². The van der Waals surface area contributed by atoms with E-state index in [2.05, 4.69) is 27.0 Å². The van der Waals surface area contributed by atoms with E-state index in [9.17, 15) is 4.79 Å². The normalized spacial score (nSPS) is 21.3. The minimum Gasteiger partial charge on any atom is -0.357 e. The van der Waals surface area contributed by atoms with Gasteiger partial charge in [-0.2, -0.15) is 0 Å². The summed E-state index contributed by atoms with van der Waals surface area (Å²) in [4.78, 5) is 22.8. The molecule has 0 aromatic carbocycles. The van der Waals surface area contributed by atoms with Gasteiger partial charge >= 0.3 is 0 Å². The number of amides is 1. The van der Waals surface area contributed by atoms with Crippen LogP contribution < -0.4 is 5.32 Å². The van der Waals surface area contributed by atoms with E-state index in [0.717, 1.165) is 44.7 Å². The Labute approximate surface area is 140 Å².